The number of hydrogen-bond acceptors (Lipinski definition) is 4. The molecule has 0 radical (unpaired) electrons. The summed E-state index contributed by atoms with van der Waals surface area (Å²) in [5, 5.41) is 12.7. The standard InChI is InChI=1S/C16H21ClN2O4/c1-10-7-12(13(23-3)8-11(10)17)18-14(20)9-19-6-4-5-16(19,2)15(21)22/h7-8H,4-6,9H2,1-3H3,(H,18,20)(H,21,22). The lowest BCUT2D eigenvalue weighted by Crippen LogP contribution is -2.50. The minimum atomic E-state index is -0.989. The van der Waals surface area contributed by atoms with Crippen LogP contribution in [0.4, 0.5) is 5.69 Å². The summed E-state index contributed by atoms with van der Waals surface area (Å²) < 4.78 is 5.22. The largest absolute Gasteiger partial charge is 0.495 e. The van der Waals surface area contributed by atoms with Gasteiger partial charge in [0.2, 0.25) is 5.91 Å². The van der Waals surface area contributed by atoms with Crippen LogP contribution in [-0.4, -0.2) is 47.6 Å². The van der Waals surface area contributed by atoms with Crippen molar-refractivity contribution in [2.24, 2.45) is 0 Å². The molecule has 6 nitrogen and oxygen atoms in total. The molecule has 2 N–H and O–H groups in total. The van der Waals surface area contributed by atoms with Crippen LogP contribution in [0.3, 0.4) is 0 Å². The Labute approximate surface area is 140 Å². The third kappa shape index (κ3) is 3.59. The van der Waals surface area contributed by atoms with Crippen molar-refractivity contribution in [1.82, 2.24) is 4.90 Å². The summed E-state index contributed by atoms with van der Waals surface area (Å²) in [6.07, 6.45) is 1.30. The number of aryl methyl sites for hydroxylation is 1. The van der Waals surface area contributed by atoms with Crippen LogP contribution in [0.25, 0.3) is 0 Å². The number of carbonyl (C=O) groups is 2. The average molecular weight is 341 g/mol. The minimum Gasteiger partial charge on any atom is -0.495 e. The maximum absolute atomic E-state index is 12.3. The Morgan fingerprint density at radius 2 is 2.17 bits per heavy atom. The van der Waals surface area contributed by atoms with E-state index < -0.39 is 11.5 Å². The van der Waals surface area contributed by atoms with Crippen molar-refractivity contribution in [3.05, 3.63) is 22.7 Å². The Balaban J connectivity index is 2.11. The predicted octanol–water partition coefficient (Wildman–Crippen LogP) is 2.53. The van der Waals surface area contributed by atoms with Crippen LogP contribution in [0, 0.1) is 6.92 Å². The number of benzene rings is 1. The fourth-order valence-electron chi connectivity index (χ4n) is 2.81. The fraction of sp³-hybridized carbons (Fsp3) is 0.500. The summed E-state index contributed by atoms with van der Waals surface area (Å²) in [5.41, 5.74) is 0.354. The first-order valence-electron chi connectivity index (χ1n) is 7.40. The first kappa shape index (κ1) is 17.6. The molecule has 7 heteroatoms. The van der Waals surface area contributed by atoms with Crippen molar-refractivity contribution in [3.63, 3.8) is 0 Å². The number of anilines is 1. The number of methoxy groups -OCH3 is 1. The van der Waals surface area contributed by atoms with Crippen LogP contribution < -0.4 is 10.1 Å². The maximum Gasteiger partial charge on any atom is 0.323 e. The molecular formula is C16H21ClN2O4. The van der Waals surface area contributed by atoms with E-state index in [1.807, 2.05) is 6.92 Å². The van der Waals surface area contributed by atoms with Crippen molar-refractivity contribution in [2.45, 2.75) is 32.2 Å². The quantitative estimate of drug-likeness (QED) is 0.861. The van der Waals surface area contributed by atoms with Crippen molar-refractivity contribution >= 4 is 29.2 Å². The van der Waals surface area contributed by atoms with Gasteiger partial charge in [-0.25, -0.2) is 0 Å². The van der Waals surface area contributed by atoms with Crippen LogP contribution in [0.2, 0.25) is 5.02 Å². The first-order valence-corrected chi connectivity index (χ1v) is 7.78. The normalized spacial score (nSPS) is 21.2. The lowest BCUT2D eigenvalue weighted by Gasteiger charge is -2.30. The van der Waals surface area contributed by atoms with Gasteiger partial charge in [0.15, 0.2) is 0 Å². The lowest BCUT2D eigenvalue weighted by atomic mass is 9.99. The number of ether oxygens (including phenoxy) is 1. The molecule has 1 aromatic carbocycles. The number of halogens is 1. The molecule has 0 aliphatic carbocycles. The molecule has 1 fully saturated rings. The Bertz CT molecular complexity index is 635. The number of rotatable bonds is 5. The van der Waals surface area contributed by atoms with Gasteiger partial charge in [0.25, 0.3) is 0 Å². The molecule has 1 atom stereocenters. The lowest BCUT2D eigenvalue weighted by molar-refractivity contribution is -0.149. The topological polar surface area (TPSA) is 78.9 Å². The van der Waals surface area contributed by atoms with Crippen molar-refractivity contribution in [3.8, 4) is 5.75 Å². The van der Waals surface area contributed by atoms with E-state index in [1.54, 1.807) is 24.0 Å². The molecular weight excluding hydrogens is 320 g/mol. The molecule has 2 rings (SSSR count). The van der Waals surface area contributed by atoms with Crippen molar-refractivity contribution in [2.75, 3.05) is 25.5 Å². The number of hydrogen-bond donors (Lipinski definition) is 2. The molecule has 1 unspecified atom stereocenters. The van der Waals surface area contributed by atoms with E-state index in [9.17, 15) is 14.7 Å². The second kappa shape index (κ2) is 6.76. The van der Waals surface area contributed by atoms with Crippen LogP contribution in [-0.2, 0) is 9.59 Å². The van der Waals surface area contributed by atoms with Crippen molar-refractivity contribution < 1.29 is 19.4 Å². The molecule has 0 bridgehead atoms. The second-order valence-corrected chi connectivity index (χ2v) is 6.36. The van der Waals surface area contributed by atoms with Crippen molar-refractivity contribution in [1.29, 1.82) is 0 Å². The molecule has 1 aliphatic rings. The van der Waals surface area contributed by atoms with Gasteiger partial charge in [-0.05, 0) is 44.9 Å². The number of carboxylic acids is 1. The van der Waals surface area contributed by atoms with Gasteiger partial charge in [0.1, 0.15) is 11.3 Å². The summed E-state index contributed by atoms with van der Waals surface area (Å²) in [6, 6.07) is 3.38. The molecule has 1 amide bonds. The highest BCUT2D eigenvalue weighted by atomic mass is 35.5. The average Bonchev–Trinajstić information content (AvgIpc) is 2.85. The predicted molar refractivity (Wildman–Crippen MR) is 88.2 cm³/mol. The highest BCUT2D eigenvalue weighted by Gasteiger charge is 2.43. The van der Waals surface area contributed by atoms with Gasteiger partial charge in [0.05, 0.1) is 19.3 Å². The summed E-state index contributed by atoms with van der Waals surface area (Å²) in [6.45, 7) is 4.10. The molecule has 23 heavy (non-hydrogen) atoms. The molecule has 1 aromatic rings. The number of nitrogens with zero attached hydrogens (tertiary/aromatic N) is 1. The number of aliphatic carboxylic acids is 1. The summed E-state index contributed by atoms with van der Waals surface area (Å²) in [4.78, 5) is 25.5. The fourth-order valence-corrected chi connectivity index (χ4v) is 2.96. The highest BCUT2D eigenvalue weighted by molar-refractivity contribution is 6.31. The summed E-state index contributed by atoms with van der Waals surface area (Å²) in [7, 11) is 1.50. The third-order valence-corrected chi connectivity index (χ3v) is 4.75. The van der Waals surface area contributed by atoms with Gasteiger partial charge in [-0.15, -0.1) is 0 Å². The Morgan fingerprint density at radius 1 is 1.48 bits per heavy atom. The monoisotopic (exact) mass is 340 g/mol. The summed E-state index contributed by atoms with van der Waals surface area (Å²) >= 11 is 6.04. The molecule has 126 valence electrons. The molecule has 0 spiro atoms. The van der Waals surface area contributed by atoms with E-state index in [0.29, 0.717) is 29.4 Å². The number of carbonyl (C=O) groups excluding carboxylic acids is 1. The van der Waals surface area contributed by atoms with E-state index in [4.69, 9.17) is 16.3 Å². The molecule has 1 aliphatic heterocycles. The van der Waals surface area contributed by atoms with E-state index in [-0.39, 0.29) is 12.5 Å². The van der Waals surface area contributed by atoms with Crippen LogP contribution in [0.1, 0.15) is 25.3 Å². The van der Waals surface area contributed by atoms with Gasteiger partial charge in [0, 0.05) is 11.1 Å². The summed E-state index contributed by atoms with van der Waals surface area (Å²) in [5.74, 6) is -0.710. The molecule has 1 heterocycles. The van der Waals surface area contributed by atoms with E-state index in [0.717, 1.165) is 12.0 Å². The van der Waals surface area contributed by atoms with Gasteiger partial charge >= 0.3 is 5.97 Å². The maximum atomic E-state index is 12.3. The molecule has 0 saturated carbocycles. The van der Waals surface area contributed by atoms with Crippen LogP contribution in [0.15, 0.2) is 12.1 Å². The van der Waals surface area contributed by atoms with Gasteiger partial charge in [-0.3, -0.25) is 14.5 Å². The Hall–Kier alpha value is -1.79. The Morgan fingerprint density at radius 3 is 2.78 bits per heavy atom. The van der Waals surface area contributed by atoms with Gasteiger partial charge in [-0.2, -0.15) is 0 Å². The van der Waals surface area contributed by atoms with E-state index in [2.05, 4.69) is 5.32 Å². The minimum absolute atomic E-state index is 0.0215. The number of nitrogens with one attached hydrogen (secondary N) is 1. The molecule has 0 aromatic heterocycles. The van der Waals surface area contributed by atoms with Gasteiger partial charge < -0.3 is 15.2 Å². The second-order valence-electron chi connectivity index (χ2n) is 5.95. The zero-order chi connectivity index (χ0) is 17.2. The number of likely N-dealkylation sites (tertiary alicyclic amines) is 1. The zero-order valence-corrected chi connectivity index (χ0v) is 14.2. The number of carboxylic acid groups (broad SMARTS) is 1. The first-order chi connectivity index (χ1) is 10.8. The number of amides is 1. The zero-order valence-electron chi connectivity index (χ0n) is 13.5. The van der Waals surface area contributed by atoms with Crippen LogP contribution >= 0.6 is 11.6 Å². The molecule has 1 saturated heterocycles. The SMILES string of the molecule is COc1cc(Cl)c(C)cc1NC(=O)CN1CCCC1(C)C(=O)O. The van der Waals surface area contributed by atoms with E-state index in [1.165, 1.54) is 7.11 Å². The smallest absolute Gasteiger partial charge is 0.323 e. The van der Waals surface area contributed by atoms with E-state index >= 15 is 0 Å². The third-order valence-electron chi connectivity index (χ3n) is 4.34. The Kier molecular flexibility index (Phi) is 5.16. The van der Waals surface area contributed by atoms with Gasteiger partial charge in [-0.1, -0.05) is 11.6 Å². The highest BCUT2D eigenvalue weighted by Crippen LogP contribution is 2.32. The van der Waals surface area contributed by atoms with Crippen LogP contribution in [0.5, 0.6) is 5.75 Å².